The van der Waals surface area contributed by atoms with Gasteiger partial charge in [-0.3, -0.25) is 9.59 Å². The Labute approximate surface area is 205 Å². The first-order valence-electron chi connectivity index (χ1n) is 11.1. The normalized spacial score (nSPS) is 11.4. The van der Waals surface area contributed by atoms with E-state index in [0.717, 1.165) is 5.75 Å². The van der Waals surface area contributed by atoms with Crippen LogP contribution in [0, 0.1) is 5.92 Å². The lowest BCUT2D eigenvalue weighted by molar-refractivity contribution is -0.118. The summed E-state index contributed by atoms with van der Waals surface area (Å²) in [6.07, 6.45) is 0. The van der Waals surface area contributed by atoms with Crippen LogP contribution in [-0.4, -0.2) is 39.2 Å². The number of amides is 2. The van der Waals surface area contributed by atoms with E-state index in [1.54, 1.807) is 24.3 Å². The van der Waals surface area contributed by atoms with Crippen LogP contribution in [-0.2, 0) is 4.79 Å². The fraction of sp³-hybridized carbons (Fsp3) is 0.259. The molecule has 0 aliphatic heterocycles. The zero-order valence-corrected chi connectivity index (χ0v) is 20.5. The maximum Gasteiger partial charge on any atom is 0.252 e. The summed E-state index contributed by atoms with van der Waals surface area (Å²) in [5.41, 5.74) is 0.864. The molecule has 0 bridgehead atoms. The fourth-order valence-electron chi connectivity index (χ4n) is 3.42. The van der Waals surface area contributed by atoms with E-state index >= 15 is 0 Å². The van der Waals surface area contributed by atoms with Crippen LogP contribution in [0.4, 0.5) is 5.69 Å². The average Bonchev–Trinajstić information content (AvgIpc) is 2.87. The smallest absolute Gasteiger partial charge is 0.252 e. The predicted octanol–water partition coefficient (Wildman–Crippen LogP) is 4.90. The predicted molar refractivity (Wildman–Crippen MR) is 134 cm³/mol. The summed E-state index contributed by atoms with van der Waals surface area (Å²) in [5, 5.41) is 5.67. The van der Waals surface area contributed by atoms with E-state index in [9.17, 15) is 9.59 Å². The first-order chi connectivity index (χ1) is 16.9. The molecule has 8 heteroatoms. The summed E-state index contributed by atoms with van der Waals surface area (Å²) in [7, 11) is 4.43. The third-order valence-corrected chi connectivity index (χ3v) is 5.26. The molecule has 35 heavy (non-hydrogen) atoms. The molecule has 3 aromatic rings. The number of hydrogen-bond acceptors (Lipinski definition) is 6. The third-order valence-electron chi connectivity index (χ3n) is 5.26. The summed E-state index contributed by atoms with van der Waals surface area (Å²) in [5.74, 6) is 1.50. The van der Waals surface area contributed by atoms with Crippen molar-refractivity contribution in [3.8, 4) is 28.7 Å². The van der Waals surface area contributed by atoms with Crippen LogP contribution < -0.4 is 29.6 Å². The number of methoxy groups -OCH3 is 3. The second-order valence-corrected chi connectivity index (χ2v) is 8.04. The highest BCUT2D eigenvalue weighted by Gasteiger charge is 2.26. The average molecular weight is 479 g/mol. The van der Waals surface area contributed by atoms with E-state index in [2.05, 4.69) is 10.6 Å². The van der Waals surface area contributed by atoms with E-state index in [4.69, 9.17) is 18.9 Å². The monoisotopic (exact) mass is 478 g/mol. The van der Waals surface area contributed by atoms with E-state index in [1.165, 1.54) is 33.5 Å². The molecule has 0 fully saturated rings. The van der Waals surface area contributed by atoms with E-state index in [1.807, 2.05) is 44.2 Å². The molecule has 0 saturated carbocycles. The van der Waals surface area contributed by atoms with Crippen molar-refractivity contribution in [1.82, 2.24) is 5.32 Å². The number of ether oxygens (including phenoxy) is 4. The van der Waals surface area contributed by atoms with Crippen LogP contribution in [0.5, 0.6) is 28.7 Å². The van der Waals surface area contributed by atoms with Crippen LogP contribution >= 0.6 is 0 Å². The molecule has 0 saturated heterocycles. The maximum atomic E-state index is 13.0. The van der Waals surface area contributed by atoms with Crippen LogP contribution in [0.2, 0.25) is 0 Å². The third kappa shape index (κ3) is 6.44. The fourth-order valence-corrected chi connectivity index (χ4v) is 3.42. The van der Waals surface area contributed by atoms with Crippen molar-refractivity contribution in [1.29, 1.82) is 0 Å². The summed E-state index contributed by atoms with van der Waals surface area (Å²) in [6, 6.07) is 18.7. The van der Waals surface area contributed by atoms with Crippen molar-refractivity contribution in [2.45, 2.75) is 19.9 Å². The van der Waals surface area contributed by atoms with Gasteiger partial charge < -0.3 is 29.6 Å². The molecular weight excluding hydrogens is 448 g/mol. The molecule has 0 spiro atoms. The molecule has 2 amide bonds. The summed E-state index contributed by atoms with van der Waals surface area (Å²) >= 11 is 0. The van der Waals surface area contributed by atoms with Crippen molar-refractivity contribution < 1.29 is 28.5 Å². The lowest BCUT2D eigenvalue weighted by Gasteiger charge is -2.22. The second kappa shape index (κ2) is 11.8. The van der Waals surface area contributed by atoms with E-state index < -0.39 is 11.9 Å². The minimum absolute atomic E-state index is 0.165. The number of carbonyl (C=O) groups is 2. The topological polar surface area (TPSA) is 95.1 Å². The first kappa shape index (κ1) is 25.4. The molecule has 8 nitrogen and oxygen atoms in total. The van der Waals surface area contributed by atoms with Gasteiger partial charge >= 0.3 is 0 Å². The van der Waals surface area contributed by atoms with Gasteiger partial charge in [-0.15, -0.1) is 0 Å². The number of benzene rings is 3. The lowest BCUT2D eigenvalue weighted by Crippen LogP contribution is -2.47. The maximum absolute atomic E-state index is 13.0. The highest BCUT2D eigenvalue weighted by atomic mass is 16.5. The molecule has 3 rings (SSSR count). The molecule has 0 radical (unpaired) electrons. The molecule has 184 valence electrons. The van der Waals surface area contributed by atoms with Gasteiger partial charge in [0.1, 0.15) is 17.5 Å². The van der Waals surface area contributed by atoms with Crippen molar-refractivity contribution in [3.63, 3.8) is 0 Å². The molecule has 0 aromatic heterocycles. The number of anilines is 1. The van der Waals surface area contributed by atoms with Crippen LogP contribution in [0.1, 0.15) is 24.2 Å². The van der Waals surface area contributed by atoms with Gasteiger partial charge in [0.15, 0.2) is 11.5 Å². The van der Waals surface area contributed by atoms with E-state index in [0.29, 0.717) is 28.7 Å². The Hall–Kier alpha value is -4.20. The highest BCUT2D eigenvalue weighted by molar-refractivity contribution is 6.01. The Morgan fingerprint density at radius 1 is 0.771 bits per heavy atom. The van der Waals surface area contributed by atoms with Crippen molar-refractivity contribution in [3.05, 3.63) is 72.3 Å². The van der Waals surface area contributed by atoms with Crippen LogP contribution in [0.15, 0.2) is 66.7 Å². The van der Waals surface area contributed by atoms with Gasteiger partial charge in [0.25, 0.3) is 5.91 Å². The quantitative estimate of drug-likeness (QED) is 0.431. The minimum atomic E-state index is -0.776. The molecule has 0 aliphatic carbocycles. The van der Waals surface area contributed by atoms with Gasteiger partial charge in [-0.25, -0.2) is 0 Å². The molecule has 0 aliphatic rings. The SMILES string of the molecule is COc1cc(C(=O)N[C@@H](C(=O)Nc2ccc(Oc3ccccc3)cc2)C(C)C)cc(OC)c1OC. The molecule has 1 atom stereocenters. The zero-order valence-electron chi connectivity index (χ0n) is 20.5. The van der Waals surface area contributed by atoms with Crippen molar-refractivity contribution >= 4 is 17.5 Å². The minimum Gasteiger partial charge on any atom is -0.493 e. The van der Waals surface area contributed by atoms with Crippen LogP contribution in [0.3, 0.4) is 0 Å². The Balaban J connectivity index is 1.70. The molecule has 2 N–H and O–H groups in total. The Morgan fingerprint density at radius 2 is 1.34 bits per heavy atom. The van der Waals surface area contributed by atoms with E-state index in [-0.39, 0.29) is 17.4 Å². The number of nitrogens with one attached hydrogen (secondary N) is 2. The van der Waals surface area contributed by atoms with Gasteiger partial charge in [-0.05, 0) is 54.4 Å². The van der Waals surface area contributed by atoms with Crippen LogP contribution in [0.25, 0.3) is 0 Å². The molecule has 3 aromatic carbocycles. The Morgan fingerprint density at radius 3 is 1.86 bits per heavy atom. The second-order valence-electron chi connectivity index (χ2n) is 8.04. The Kier molecular flexibility index (Phi) is 8.56. The highest BCUT2D eigenvalue weighted by Crippen LogP contribution is 2.38. The zero-order chi connectivity index (χ0) is 25.4. The van der Waals surface area contributed by atoms with Gasteiger partial charge in [0.2, 0.25) is 11.7 Å². The largest absolute Gasteiger partial charge is 0.493 e. The molecule has 0 unspecified atom stereocenters. The lowest BCUT2D eigenvalue weighted by atomic mass is 10.0. The van der Waals surface area contributed by atoms with Gasteiger partial charge in [0.05, 0.1) is 21.3 Å². The van der Waals surface area contributed by atoms with Crippen molar-refractivity contribution in [2.24, 2.45) is 5.92 Å². The van der Waals surface area contributed by atoms with Crippen molar-refractivity contribution in [2.75, 3.05) is 26.6 Å². The standard InChI is InChI=1S/C27H30N2O6/c1-17(2)24(29-26(30)18-15-22(32-3)25(34-5)23(16-18)33-4)27(31)28-19-11-13-21(14-12-19)35-20-9-7-6-8-10-20/h6-17,24H,1-5H3,(H,28,31)(H,29,30)/t24-/m1/s1. The number of carbonyl (C=O) groups excluding carboxylic acids is 2. The van der Waals surface area contributed by atoms with Gasteiger partial charge in [-0.1, -0.05) is 32.0 Å². The Bertz CT molecular complexity index is 1120. The number of rotatable bonds is 10. The summed E-state index contributed by atoms with van der Waals surface area (Å²) in [4.78, 5) is 26.0. The molecular formula is C27H30N2O6. The first-order valence-corrected chi connectivity index (χ1v) is 11.1. The number of hydrogen-bond donors (Lipinski definition) is 2. The number of para-hydroxylation sites is 1. The molecule has 0 heterocycles. The summed E-state index contributed by atoms with van der Waals surface area (Å²) in [6.45, 7) is 3.72. The van der Waals surface area contributed by atoms with Gasteiger partial charge in [-0.2, -0.15) is 0 Å². The summed E-state index contributed by atoms with van der Waals surface area (Å²) < 4.78 is 21.7. The van der Waals surface area contributed by atoms with Gasteiger partial charge in [0, 0.05) is 11.3 Å².